The predicted octanol–water partition coefficient (Wildman–Crippen LogP) is 1.27. The molecule has 94 valence electrons. The summed E-state index contributed by atoms with van der Waals surface area (Å²) in [4.78, 5) is 15.3. The van der Waals surface area contributed by atoms with Gasteiger partial charge in [-0.15, -0.1) is 0 Å². The van der Waals surface area contributed by atoms with Gasteiger partial charge in [0.15, 0.2) is 0 Å². The van der Waals surface area contributed by atoms with Crippen LogP contribution in [0, 0.1) is 0 Å². The van der Waals surface area contributed by atoms with E-state index >= 15 is 0 Å². The summed E-state index contributed by atoms with van der Waals surface area (Å²) in [5.41, 5.74) is 0. The number of rotatable bonds is 7. The average Bonchev–Trinajstić information content (AvgIpc) is 2.75. The van der Waals surface area contributed by atoms with Crippen molar-refractivity contribution in [2.75, 3.05) is 32.7 Å². The molecule has 0 radical (unpaired) electrons. The maximum absolute atomic E-state index is 10.8. The summed E-state index contributed by atoms with van der Waals surface area (Å²) in [6.07, 6.45) is 3.60. The van der Waals surface area contributed by atoms with E-state index in [9.17, 15) is 4.79 Å². The lowest BCUT2D eigenvalue weighted by Crippen LogP contribution is -2.41. The highest BCUT2D eigenvalue weighted by molar-refractivity contribution is 5.69. The summed E-state index contributed by atoms with van der Waals surface area (Å²) in [7, 11) is 0. The molecule has 1 saturated heterocycles. The van der Waals surface area contributed by atoms with Crippen LogP contribution in [-0.2, 0) is 4.79 Å². The molecule has 1 atom stereocenters. The van der Waals surface area contributed by atoms with Crippen LogP contribution < -0.4 is 0 Å². The van der Waals surface area contributed by atoms with E-state index in [1.807, 2.05) is 0 Å². The fourth-order valence-corrected chi connectivity index (χ4v) is 2.16. The van der Waals surface area contributed by atoms with Crippen LogP contribution in [0.1, 0.15) is 33.1 Å². The lowest BCUT2D eigenvalue weighted by Gasteiger charge is -2.28. The molecule has 0 amide bonds. The smallest absolute Gasteiger partial charge is 0.317 e. The molecule has 4 heteroatoms. The maximum atomic E-state index is 10.8. The Bertz CT molecular complexity index is 215. The quantitative estimate of drug-likeness (QED) is 0.712. The van der Waals surface area contributed by atoms with Crippen LogP contribution >= 0.6 is 0 Å². The van der Waals surface area contributed by atoms with Crippen LogP contribution in [0.15, 0.2) is 0 Å². The first kappa shape index (κ1) is 13.5. The molecular weight excluding hydrogens is 204 g/mol. The number of carbonyl (C=O) groups is 1. The lowest BCUT2D eigenvalue weighted by atomic mass is 10.2. The fourth-order valence-electron chi connectivity index (χ4n) is 2.16. The second-order valence-electron chi connectivity index (χ2n) is 4.67. The third-order valence-electron chi connectivity index (χ3n) is 3.45. The maximum Gasteiger partial charge on any atom is 0.317 e. The van der Waals surface area contributed by atoms with Gasteiger partial charge in [-0.25, -0.2) is 0 Å². The normalized spacial score (nSPS) is 19.2. The van der Waals surface area contributed by atoms with Crippen molar-refractivity contribution in [3.8, 4) is 0 Å². The lowest BCUT2D eigenvalue weighted by molar-refractivity contribution is -0.138. The first-order valence-corrected chi connectivity index (χ1v) is 6.31. The number of likely N-dealkylation sites (tertiary alicyclic amines) is 1. The topological polar surface area (TPSA) is 43.8 Å². The Morgan fingerprint density at radius 1 is 1.44 bits per heavy atom. The third kappa shape index (κ3) is 4.49. The van der Waals surface area contributed by atoms with Crippen LogP contribution in [0.2, 0.25) is 0 Å². The molecule has 1 aliphatic rings. The van der Waals surface area contributed by atoms with Crippen molar-refractivity contribution in [1.82, 2.24) is 9.80 Å². The van der Waals surface area contributed by atoms with Crippen LogP contribution in [0.5, 0.6) is 0 Å². The van der Waals surface area contributed by atoms with Gasteiger partial charge in [-0.05, 0) is 39.3 Å². The van der Waals surface area contributed by atoms with Crippen molar-refractivity contribution >= 4 is 5.97 Å². The van der Waals surface area contributed by atoms with Gasteiger partial charge in [0.2, 0.25) is 0 Å². The molecule has 1 N–H and O–H groups in total. The van der Waals surface area contributed by atoms with Crippen LogP contribution in [0.3, 0.4) is 0 Å². The van der Waals surface area contributed by atoms with E-state index in [1.54, 1.807) is 0 Å². The van der Waals surface area contributed by atoms with E-state index in [-0.39, 0.29) is 6.54 Å². The first-order valence-electron chi connectivity index (χ1n) is 6.31. The highest BCUT2D eigenvalue weighted by atomic mass is 16.4. The van der Waals surface area contributed by atoms with E-state index in [0.717, 1.165) is 19.5 Å². The Balaban J connectivity index is 2.33. The molecule has 0 aliphatic carbocycles. The van der Waals surface area contributed by atoms with Crippen LogP contribution in [0.4, 0.5) is 0 Å². The van der Waals surface area contributed by atoms with Gasteiger partial charge >= 0.3 is 5.97 Å². The largest absolute Gasteiger partial charge is 0.480 e. The highest BCUT2D eigenvalue weighted by Crippen LogP contribution is 2.08. The zero-order chi connectivity index (χ0) is 12.0. The first-order chi connectivity index (χ1) is 7.63. The van der Waals surface area contributed by atoms with Crippen molar-refractivity contribution < 1.29 is 9.90 Å². The van der Waals surface area contributed by atoms with Gasteiger partial charge in [0.25, 0.3) is 0 Å². The van der Waals surface area contributed by atoms with Crippen molar-refractivity contribution in [3.05, 3.63) is 0 Å². The SMILES string of the molecule is CCC(C)N(CCN1CCCC1)CC(=O)O. The van der Waals surface area contributed by atoms with Gasteiger partial charge in [0.05, 0.1) is 6.54 Å². The zero-order valence-corrected chi connectivity index (χ0v) is 10.5. The van der Waals surface area contributed by atoms with Crippen molar-refractivity contribution in [2.24, 2.45) is 0 Å². The summed E-state index contributed by atoms with van der Waals surface area (Å²) < 4.78 is 0. The fraction of sp³-hybridized carbons (Fsp3) is 0.917. The number of carboxylic acids is 1. The molecular formula is C12H24N2O2. The molecule has 1 heterocycles. The number of aliphatic carboxylic acids is 1. The molecule has 1 aliphatic heterocycles. The van der Waals surface area contributed by atoms with Crippen LogP contribution in [-0.4, -0.2) is 59.6 Å². The van der Waals surface area contributed by atoms with Crippen molar-refractivity contribution in [2.45, 2.75) is 39.2 Å². The van der Waals surface area contributed by atoms with Gasteiger partial charge in [-0.1, -0.05) is 6.92 Å². The number of carboxylic acid groups (broad SMARTS) is 1. The van der Waals surface area contributed by atoms with Gasteiger partial charge in [-0.2, -0.15) is 0 Å². The molecule has 0 saturated carbocycles. The van der Waals surface area contributed by atoms with E-state index in [4.69, 9.17) is 5.11 Å². The number of hydrogen-bond donors (Lipinski definition) is 1. The second kappa shape index (κ2) is 6.86. The minimum atomic E-state index is -0.721. The monoisotopic (exact) mass is 228 g/mol. The Hall–Kier alpha value is -0.610. The minimum absolute atomic E-state index is 0.169. The summed E-state index contributed by atoms with van der Waals surface area (Å²) in [5, 5.41) is 8.87. The Labute approximate surface area is 98.2 Å². The van der Waals surface area contributed by atoms with E-state index in [1.165, 1.54) is 25.9 Å². The van der Waals surface area contributed by atoms with Crippen LogP contribution in [0.25, 0.3) is 0 Å². The molecule has 0 bridgehead atoms. The van der Waals surface area contributed by atoms with Gasteiger partial charge in [0.1, 0.15) is 0 Å². The highest BCUT2D eigenvalue weighted by Gasteiger charge is 2.18. The second-order valence-corrected chi connectivity index (χ2v) is 4.67. The Morgan fingerprint density at radius 3 is 2.56 bits per heavy atom. The number of hydrogen-bond acceptors (Lipinski definition) is 3. The molecule has 0 aromatic carbocycles. The average molecular weight is 228 g/mol. The molecule has 1 fully saturated rings. The molecule has 0 spiro atoms. The molecule has 0 aromatic heterocycles. The molecule has 4 nitrogen and oxygen atoms in total. The molecule has 0 aromatic rings. The summed E-state index contributed by atoms with van der Waals surface area (Å²) in [5.74, 6) is -0.721. The van der Waals surface area contributed by atoms with E-state index in [0.29, 0.717) is 6.04 Å². The van der Waals surface area contributed by atoms with Crippen molar-refractivity contribution in [3.63, 3.8) is 0 Å². The summed E-state index contributed by atoms with van der Waals surface area (Å²) in [6.45, 7) is 8.63. The Kier molecular flexibility index (Phi) is 5.77. The van der Waals surface area contributed by atoms with E-state index < -0.39 is 5.97 Å². The van der Waals surface area contributed by atoms with Gasteiger partial charge in [0, 0.05) is 19.1 Å². The Morgan fingerprint density at radius 2 is 2.06 bits per heavy atom. The van der Waals surface area contributed by atoms with Gasteiger partial charge < -0.3 is 10.0 Å². The number of nitrogens with zero attached hydrogens (tertiary/aromatic N) is 2. The standard InChI is InChI=1S/C12H24N2O2/c1-3-11(2)14(10-12(15)16)9-8-13-6-4-5-7-13/h11H,3-10H2,1-2H3,(H,15,16). The third-order valence-corrected chi connectivity index (χ3v) is 3.45. The predicted molar refractivity (Wildman–Crippen MR) is 64.6 cm³/mol. The molecule has 1 unspecified atom stereocenters. The minimum Gasteiger partial charge on any atom is -0.480 e. The van der Waals surface area contributed by atoms with Gasteiger partial charge in [-0.3, -0.25) is 9.69 Å². The molecule has 16 heavy (non-hydrogen) atoms. The molecule has 1 rings (SSSR count). The van der Waals surface area contributed by atoms with E-state index in [2.05, 4.69) is 23.6 Å². The van der Waals surface area contributed by atoms with Crippen molar-refractivity contribution in [1.29, 1.82) is 0 Å². The summed E-state index contributed by atoms with van der Waals surface area (Å²) in [6, 6.07) is 0.360. The summed E-state index contributed by atoms with van der Waals surface area (Å²) >= 11 is 0. The zero-order valence-electron chi connectivity index (χ0n) is 10.5.